The Bertz CT molecular complexity index is 382. The van der Waals surface area contributed by atoms with Gasteiger partial charge in [0.15, 0.2) is 0 Å². The summed E-state index contributed by atoms with van der Waals surface area (Å²) in [7, 11) is 2.08. The van der Waals surface area contributed by atoms with Gasteiger partial charge in [0.1, 0.15) is 6.10 Å². The van der Waals surface area contributed by atoms with Gasteiger partial charge in [-0.2, -0.15) is 4.98 Å². The van der Waals surface area contributed by atoms with Gasteiger partial charge in [-0.1, -0.05) is 19.0 Å². The van der Waals surface area contributed by atoms with Gasteiger partial charge in [0.25, 0.3) is 0 Å². The summed E-state index contributed by atoms with van der Waals surface area (Å²) >= 11 is 0. The molecule has 1 aliphatic heterocycles. The maximum absolute atomic E-state index is 5.68. The second-order valence-corrected chi connectivity index (χ2v) is 5.03. The van der Waals surface area contributed by atoms with Gasteiger partial charge in [0.05, 0.1) is 6.61 Å². The quantitative estimate of drug-likeness (QED) is 0.830. The monoisotopic (exact) mass is 268 g/mol. The van der Waals surface area contributed by atoms with Crippen molar-refractivity contribution in [3.8, 4) is 0 Å². The Morgan fingerprint density at radius 3 is 3.00 bits per heavy atom. The third-order valence-electron chi connectivity index (χ3n) is 3.45. The second kappa shape index (κ2) is 6.98. The van der Waals surface area contributed by atoms with Gasteiger partial charge in [-0.3, -0.25) is 0 Å². The van der Waals surface area contributed by atoms with Gasteiger partial charge in [0.2, 0.25) is 11.7 Å². The molecule has 0 aliphatic carbocycles. The first-order chi connectivity index (χ1) is 9.22. The van der Waals surface area contributed by atoms with Crippen LogP contribution in [0.2, 0.25) is 0 Å². The zero-order valence-corrected chi connectivity index (χ0v) is 12.1. The molecule has 6 heteroatoms. The summed E-state index contributed by atoms with van der Waals surface area (Å²) in [5.74, 6) is 1.37. The summed E-state index contributed by atoms with van der Waals surface area (Å²) in [6.07, 6.45) is 1.77. The molecule has 1 N–H and O–H groups in total. The van der Waals surface area contributed by atoms with Crippen LogP contribution in [0.4, 0.5) is 0 Å². The molecular formula is C13H24N4O2. The van der Waals surface area contributed by atoms with Crippen molar-refractivity contribution in [2.45, 2.75) is 38.8 Å². The number of morpholine rings is 1. The van der Waals surface area contributed by atoms with Crippen LogP contribution in [0, 0.1) is 0 Å². The van der Waals surface area contributed by atoms with Crippen LogP contribution in [0.5, 0.6) is 0 Å². The summed E-state index contributed by atoms with van der Waals surface area (Å²) in [6, 6.07) is 0.397. The van der Waals surface area contributed by atoms with Gasteiger partial charge in [-0.25, -0.2) is 0 Å². The van der Waals surface area contributed by atoms with E-state index in [0.29, 0.717) is 17.8 Å². The van der Waals surface area contributed by atoms with Crippen LogP contribution < -0.4 is 5.32 Å². The standard InChI is InChI=1S/C13H24N4O2/c1-4-10(14-5-2)8-12-15-13(16-19-12)11-9-17(3)6-7-18-11/h10-11,14H,4-9H2,1-3H3. The number of hydrogen-bond donors (Lipinski definition) is 1. The zero-order valence-electron chi connectivity index (χ0n) is 12.1. The molecule has 1 aliphatic rings. The van der Waals surface area contributed by atoms with E-state index in [1.807, 2.05) is 0 Å². The smallest absolute Gasteiger partial charge is 0.228 e. The Labute approximate surface area is 114 Å². The van der Waals surface area contributed by atoms with Crippen LogP contribution in [-0.4, -0.2) is 54.4 Å². The molecule has 0 radical (unpaired) electrons. The lowest BCUT2D eigenvalue weighted by Gasteiger charge is -2.27. The van der Waals surface area contributed by atoms with E-state index in [4.69, 9.17) is 9.26 Å². The topological polar surface area (TPSA) is 63.4 Å². The Kier molecular flexibility index (Phi) is 5.30. The van der Waals surface area contributed by atoms with E-state index in [-0.39, 0.29) is 6.10 Å². The normalized spacial score (nSPS) is 22.6. The minimum Gasteiger partial charge on any atom is -0.367 e. The molecule has 1 aromatic heterocycles. The zero-order chi connectivity index (χ0) is 13.7. The van der Waals surface area contributed by atoms with Crippen LogP contribution in [-0.2, 0) is 11.2 Å². The minimum absolute atomic E-state index is 0.0598. The van der Waals surface area contributed by atoms with Crippen molar-refractivity contribution >= 4 is 0 Å². The Morgan fingerprint density at radius 1 is 1.47 bits per heavy atom. The van der Waals surface area contributed by atoms with E-state index in [0.717, 1.165) is 39.1 Å². The van der Waals surface area contributed by atoms with Crippen molar-refractivity contribution in [2.24, 2.45) is 0 Å². The van der Waals surface area contributed by atoms with Crippen molar-refractivity contribution in [3.63, 3.8) is 0 Å². The molecule has 0 amide bonds. The van der Waals surface area contributed by atoms with E-state index < -0.39 is 0 Å². The van der Waals surface area contributed by atoms with Crippen molar-refractivity contribution in [3.05, 3.63) is 11.7 Å². The molecular weight excluding hydrogens is 244 g/mol. The summed E-state index contributed by atoms with van der Waals surface area (Å²) in [5, 5.41) is 7.47. The van der Waals surface area contributed by atoms with Crippen molar-refractivity contribution in [2.75, 3.05) is 33.3 Å². The van der Waals surface area contributed by atoms with Crippen molar-refractivity contribution in [1.29, 1.82) is 0 Å². The highest BCUT2D eigenvalue weighted by Crippen LogP contribution is 2.19. The number of aromatic nitrogens is 2. The minimum atomic E-state index is -0.0598. The van der Waals surface area contributed by atoms with E-state index in [2.05, 4.69) is 41.3 Å². The summed E-state index contributed by atoms with van der Waals surface area (Å²) in [4.78, 5) is 6.69. The molecule has 1 saturated heterocycles. The Hall–Kier alpha value is -0.980. The number of rotatable bonds is 6. The first kappa shape index (κ1) is 14.4. The number of nitrogens with one attached hydrogen (secondary N) is 1. The first-order valence-corrected chi connectivity index (χ1v) is 7.08. The second-order valence-electron chi connectivity index (χ2n) is 5.03. The van der Waals surface area contributed by atoms with E-state index in [1.165, 1.54) is 0 Å². The molecule has 0 aromatic carbocycles. The van der Waals surface area contributed by atoms with Crippen LogP contribution >= 0.6 is 0 Å². The molecule has 0 spiro atoms. The number of ether oxygens (including phenoxy) is 1. The van der Waals surface area contributed by atoms with Crippen LogP contribution in [0.3, 0.4) is 0 Å². The fraction of sp³-hybridized carbons (Fsp3) is 0.846. The summed E-state index contributed by atoms with van der Waals surface area (Å²) < 4.78 is 11.0. The fourth-order valence-corrected chi connectivity index (χ4v) is 2.28. The largest absolute Gasteiger partial charge is 0.367 e. The fourth-order valence-electron chi connectivity index (χ4n) is 2.28. The van der Waals surface area contributed by atoms with Crippen LogP contribution in [0.1, 0.15) is 38.1 Å². The van der Waals surface area contributed by atoms with Crippen LogP contribution in [0.25, 0.3) is 0 Å². The van der Waals surface area contributed by atoms with Crippen molar-refractivity contribution in [1.82, 2.24) is 20.4 Å². The lowest BCUT2D eigenvalue weighted by atomic mass is 10.1. The maximum Gasteiger partial charge on any atom is 0.228 e. The lowest BCUT2D eigenvalue weighted by Crippen LogP contribution is -2.35. The summed E-state index contributed by atoms with van der Waals surface area (Å²) in [6.45, 7) is 7.72. The molecule has 108 valence electrons. The van der Waals surface area contributed by atoms with Crippen molar-refractivity contribution < 1.29 is 9.26 Å². The van der Waals surface area contributed by atoms with Gasteiger partial charge in [-0.15, -0.1) is 0 Å². The van der Waals surface area contributed by atoms with Gasteiger partial charge >= 0.3 is 0 Å². The predicted molar refractivity (Wildman–Crippen MR) is 71.9 cm³/mol. The Balaban J connectivity index is 1.94. The van der Waals surface area contributed by atoms with E-state index in [1.54, 1.807) is 0 Å². The van der Waals surface area contributed by atoms with Gasteiger partial charge in [0, 0.05) is 25.6 Å². The highest BCUT2D eigenvalue weighted by atomic mass is 16.5. The molecule has 1 fully saturated rings. The molecule has 6 nitrogen and oxygen atoms in total. The average Bonchev–Trinajstić information content (AvgIpc) is 2.87. The van der Waals surface area contributed by atoms with Crippen LogP contribution in [0.15, 0.2) is 4.52 Å². The molecule has 1 aromatic rings. The molecule has 2 heterocycles. The number of likely N-dealkylation sites (N-methyl/N-ethyl adjacent to an activating group) is 2. The number of nitrogens with zero attached hydrogens (tertiary/aromatic N) is 3. The van der Waals surface area contributed by atoms with Gasteiger partial charge < -0.3 is 19.5 Å². The highest BCUT2D eigenvalue weighted by Gasteiger charge is 2.24. The highest BCUT2D eigenvalue weighted by molar-refractivity contribution is 4.95. The van der Waals surface area contributed by atoms with E-state index in [9.17, 15) is 0 Å². The number of hydrogen-bond acceptors (Lipinski definition) is 6. The maximum atomic E-state index is 5.68. The summed E-state index contributed by atoms with van der Waals surface area (Å²) in [5.41, 5.74) is 0. The third kappa shape index (κ3) is 3.99. The average molecular weight is 268 g/mol. The first-order valence-electron chi connectivity index (χ1n) is 7.08. The Morgan fingerprint density at radius 2 is 2.32 bits per heavy atom. The molecule has 0 saturated carbocycles. The predicted octanol–water partition coefficient (Wildman–Crippen LogP) is 1.00. The SMILES string of the molecule is CCNC(CC)Cc1nc(C2CN(C)CCO2)no1. The molecule has 2 atom stereocenters. The molecule has 0 bridgehead atoms. The lowest BCUT2D eigenvalue weighted by molar-refractivity contribution is -0.0264. The molecule has 2 unspecified atom stereocenters. The molecule has 19 heavy (non-hydrogen) atoms. The third-order valence-corrected chi connectivity index (χ3v) is 3.45. The van der Waals surface area contributed by atoms with E-state index >= 15 is 0 Å². The van der Waals surface area contributed by atoms with Gasteiger partial charge in [-0.05, 0) is 20.0 Å². The molecule has 2 rings (SSSR count).